The lowest BCUT2D eigenvalue weighted by Gasteiger charge is -2.52. The van der Waals surface area contributed by atoms with Gasteiger partial charge in [-0.3, -0.25) is 4.90 Å². The maximum atomic E-state index is 12.6. The zero-order chi connectivity index (χ0) is 18.6. The van der Waals surface area contributed by atoms with Crippen LogP contribution in [0.4, 0.5) is 26.3 Å². The van der Waals surface area contributed by atoms with E-state index >= 15 is 0 Å². The molecule has 0 bridgehead atoms. The summed E-state index contributed by atoms with van der Waals surface area (Å²) in [6.45, 7) is 3.43. The first-order valence-corrected chi connectivity index (χ1v) is 7.98. The van der Waals surface area contributed by atoms with Gasteiger partial charge in [0.25, 0.3) is 0 Å². The Labute approximate surface area is 131 Å². The fourth-order valence-corrected chi connectivity index (χ4v) is 2.94. The average Bonchev–Trinajstić information content (AvgIpc) is 2.25. The second-order valence-electron chi connectivity index (χ2n) is 6.09. The summed E-state index contributed by atoms with van der Waals surface area (Å²) in [7, 11) is -2.87. The number of rotatable bonds is 2. The van der Waals surface area contributed by atoms with Crippen molar-refractivity contribution in [2.45, 2.75) is 64.0 Å². The van der Waals surface area contributed by atoms with Gasteiger partial charge in [0.1, 0.15) is 0 Å². The predicted octanol–water partition coefficient (Wildman–Crippen LogP) is 4.01. The Bertz CT molecular complexity index is 395. The summed E-state index contributed by atoms with van der Waals surface area (Å²) in [6.07, 6.45) is -9.10. The zero-order valence-electron chi connectivity index (χ0n) is 12.9. The molecular weight excluding hydrogens is 351 g/mol. The molecule has 1 saturated heterocycles. The molecule has 138 valence electrons. The Kier molecular flexibility index (Phi) is 7.94. The van der Waals surface area contributed by atoms with Crippen molar-refractivity contribution in [1.82, 2.24) is 4.90 Å². The normalized spacial score (nSPS) is 25.5. The number of nitrogens with zero attached hydrogens (tertiary/aromatic N) is 1. The molecule has 2 unspecified atom stereocenters. The second kappa shape index (κ2) is 8.09. The van der Waals surface area contributed by atoms with Gasteiger partial charge in [-0.05, 0) is 39.5 Å². The number of halogens is 6. The molecule has 1 aliphatic heterocycles. The van der Waals surface area contributed by atoms with Crippen molar-refractivity contribution in [3.05, 3.63) is 0 Å². The van der Waals surface area contributed by atoms with Crippen LogP contribution >= 0.6 is 8.25 Å². The topological polar surface area (TPSA) is 60.8 Å². The van der Waals surface area contributed by atoms with Gasteiger partial charge in [-0.1, -0.05) is 0 Å². The molecule has 2 atom stereocenters. The van der Waals surface area contributed by atoms with Crippen LogP contribution in [0.3, 0.4) is 0 Å². The predicted molar refractivity (Wildman–Crippen MR) is 71.7 cm³/mol. The summed E-state index contributed by atoms with van der Waals surface area (Å²) in [4.78, 5) is 15.4. The van der Waals surface area contributed by atoms with Crippen LogP contribution in [0.25, 0.3) is 0 Å². The van der Waals surface area contributed by atoms with Crippen LogP contribution in [0.15, 0.2) is 0 Å². The van der Waals surface area contributed by atoms with Gasteiger partial charge in [0, 0.05) is 22.6 Å². The van der Waals surface area contributed by atoms with Crippen LogP contribution in [0.2, 0.25) is 0 Å². The molecule has 4 nitrogen and oxygen atoms in total. The summed E-state index contributed by atoms with van der Waals surface area (Å²) in [5.74, 6) is -0.800. The molecule has 1 rings (SSSR count). The van der Waals surface area contributed by atoms with Crippen LogP contribution in [0.5, 0.6) is 0 Å². The number of hydrogen-bond donors (Lipinski definition) is 2. The maximum Gasteiger partial charge on any atom is 0.692 e. The molecule has 0 aliphatic carbocycles. The standard InChI is InChI=1S/C12H19F6N.HO3P/c1-8-4-5-9(6-11(13,14)15)10(2,3)19(8)7-12(16,17)18;1-4(2)3/h8-9H,4-7H2,1-3H3;(H-,1,2,3)/p+1. The van der Waals surface area contributed by atoms with Crippen molar-refractivity contribution in [2.24, 2.45) is 5.92 Å². The van der Waals surface area contributed by atoms with Crippen LogP contribution in [-0.4, -0.2) is 45.2 Å². The Morgan fingerprint density at radius 2 is 1.52 bits per heavy atom. The van der Waals surface area contributed by atoms with Crippen molar-refractivity contribution in [1.29, 1.82) is 0 Å². The molecule has 1 heterocycles. The van der Waals surface area contributed by atoms with E-state index in [9.17, 15) is 26.3 Å². The zero-order valence-corrected chi connectivity index (χ0v) is 13.8. The van der Waals surface area contributed by atoms with E-state index in [0.717, 1.165) is 4.90 Å². The van der Waals surface area contributed by atoms with Crippen LogP contribution in [0.1, 0.15) is 40.0 Å². The van der Waals surface area contributed by atoms with Gasteiger partial charge in [0.05, 0.1) is 6.54 Å². The maximum absolute atomic E-state index is 12.6. The minimum absolute atomic E-state index is 0.308. The third-order valence-electron chi connectivity index (χ3n) is 4.03. The largest absolute Gasteiger partial charge is 0.692 e. The highest BCUT2D eigenvalue weighted by atomic mass is 31.1. The summed E-state index contributed by atoms with van der Waals surface area (Å²) in [5.41, 5.74) is -1.11. The average molecular weight is 372 g/mol. The highest BCUT2D eigenvalue weighted by molar-refractivity contribution is 7.30. The smallest absolute Gasteiger partial charge is 0.287 e. The SMILES string of the molecule is CC1CCC(CC(F)(F)F)C(C)(C)N1CC(F)(F)F.O=[P+](O)O. The van der Waals surface area contributed by atoms with Gasteiger partial charge in [-0.25, -0.2) is 0 Å². The van der Waals surface area contributed by atoms with E-state index in [1.54, 1.807) is 6.92 Å². The van der Waals surface area contributed by atoms with Crippen molar-refractivity contribution in [2.75, 3.05) is 6.54 Å². The molecule has 1 fully saturated rings. The van der Waals surface area contributed by atoms with E-state index in [1.807, 2.05) is 0 Å². The van der Waals surface area contributed by atoms with E-state index in [-0.39, 0.29) is 6.04 Å². The lowest BCUT2D eigenvalue weighted by Crippen LogP contribution is -2.59. The number of likely N-dealkylation sites (tertiary alicyclic amines) is 1. The Morgan fingerprint density at radius 3 is 1.87 bits per heavy atom. The van der Waals surface area contributed by atoms with Gasteiger partial charge in [0.2, 0.25) is 0 Å². The molecule has 0 radical (unpaired) electrons. The van der Waals surface area contributed by atoms with E-state index in [0.29, 0.717) is 12.8 Å². The van der Waals surface area contributed by atoms with E-state index < -0.39 is 45.0 Å². The summed E-state index contributed by atoms with van der Waals surface area (Å²) >= 11 is 0. The van der Waals surface area contributed by atoms with E-state index in [2.05, 4.69) is 0 Å². The third-order valence-corrected chi connectivity index (χ3v) is 4.03. The molecule has 11 heteroatoms. The molecule has 0 aromatic rings. The number of alkyl halides is 6. The molecule has 2 N–H and O–H groups in total. The van der Waals surface area contributed by atoms with Crippen molar-refractivity contribution in [3.8, 4) is 0 Å². The van der Waals surface area contributed by atoms with Gasteiger partial charge in [-0.2, -0.15) is 26.3 Å². The highest BCUT2D eigenvalue weighted by Crippen LogP contribution is 2.43. The van der Waals surface area contributed by atoms with Gasteiger partial charge >= 0.3 is 20.6 Å². The van der Waals surface area contributed by atoms with Crippen molar-refractivity contribution in [3.63, 3.8) is 0 Å². The van der Waals surface area contributed by atoms with E-state index in [1.165, 1.54) is 13.8 Å². The van der Waals surface area contributed by atoms with Crippen LogP contribution in [0, 0.1) is 5.92 Å². The minimum atomic E-state index is -4.40. The first-order valence-electron chi connectivity index (χ1n) is 6.81. The fraction of sp³-hybridized carbons (Fsp3) is 1.00. The van der Waals surface area contributed by atoms with Crippen LogP contribution < -0.4 is 0 Å². The molecular formula is C12H21F6NO3P+. The van der Waals surface area contributed by atoms with E-state index in [4.69, 9.17) is 14.4 Å². The minimum Gasteiger partial charge on any atom is -0.287 e. The molecule has 0 aromatic carbocycles. The monoisotopic (exact) mass is 372 g/mol. The van der Waals surface area contributed by atoms with Crippen LogP contribution in [-0.2, 0) is 4.57 Å². The Hall–Kier alpha value is -0.440. The lowest BCUT2D eigenvalue weighted by atomic mass is 9.75. The summed E-state index contributed by atoms with van der Waals surface area (Å²) < 4.78 is 83.9. The quantitative estimate of drug-likeness (QED) is 0.568. The third kappa shape index (κ3) is 8.83. The second-order valence-corrected chi connectivity index (χ2v) is 6.60. The highest BCUT2D eigenvalue weighted by Gasteiger charge is 2.49. The molecule has 0 amide bonds. The first-order chi connectivity index (χ1) is 10.1. The molecule has 0 saturated carbocycles. The number of piperidine rings is 1. The van der Waals surface area contributed by atoms with Crippen molar-refractivity contribution >= 4 is 8.25 Å². The lowest BCUT2D eigenvalue weighted by molar-refractivity contribution is -0.192. The van der Waals surface area contributed by atoms with Gasteiger partial charge in [-0.15, -0.1) is 9.79 Å². The molecule has 0 spiro atoms. The van der Waals surface area contributed by atoms with Gasteiger partial charge < -0.3 is 0 Å². The van der Waals surface area contributed by atoms with Crippen molar-refractivity contribution < 1.29 is 40.7 Å². The summed E-state index contributed by atoms with van der Waals surface area (Å²) in [5, 5.41) is 0. The first kappa shape index (κ1) is 22.6. The molecule has 1 aliphatic rings. The molecule has 0 aromatic heterocycles. The Balaban J connectivity index is 0.00000108. The summed E-state index contributed by atoms with van der Waals surface area (Å²) in [6, 6.07) is -0.360. The molecule has 23 heavy (non-hydrogen) atoms. The number of hydrogen-bond acceptors (Lipinski definition) is 2. The Morgan fingerprint density at radius 1 is 1.09 bits per heavy atom. The fourth-order valence-electron chi connectivity index (χ4n) is 2.94. The van der Waals surface area contributed by atoms with Gasteiger partial charge in [0.15, 0.2) is 0 Å².